The summed E-state index contributed by atoms with van der Waals surface area (Å²) in [7, 11) is 0. The maximum atomic E-state index is 13.0. The molecule has 3 heterocycles. The number of nitrogens with zero attached hydrogens (tertiary/aromatic N) is 3. The molecule has 1 aromatic heterocycles. The van der Waals surface area contributed by atoms with Crippen molar-refractivity contribution < 1.29 is 4.79 Å². The third kappa shape index (κ3) is 4.66. The Balaban J connectivity index is 1.15. The first-order valence-electron chi connectivity index (χ1n) is 13.4. The Hall–Kier alpha value is -2.92. The second-order valence-corrected chi connectivity index (χ2v) is 10.6. The first-order chi connectivity index (χ1) is 17.3. The largest absolute Gasteiger partial charge is 0.367 e. The molecule has 2 aliphatic heterocycles. The molecule has 0 spiro atoms. The van der Waals surface area contributed by atoms with E-state index in [0.29, 0.717) is 12.1 Å². The van der Waals surface area contributed by atoms with Crippen LogP contribution in [-0.2, 0) is 4.79 Å². The lowest BCUT2D eigenvalue weighted by Gasteiger charge is -2.43. The maximum absolute atomic E-state index is 13.0. The van der Waals surface area contributed by atoms with Crippen LogP contribution in [0.5, 0.6) is 0 Å². The standard InChI is InChI=1S/C30H36N4O/c35-30(23-10-4-5-11-23)32-28(22-8-2-1-3-9-22)16-17-34-25-14-15-26(34)21-33(20-25)29-19-31-18-24-12-6-7-13-27(24)29/h1-3,6-9,12-13,18-19,23,25-26,28H,4-5,10-11,14-17,20-21H2,(H,32,35). The highest BCUT2D eigenvalue weighted by Crippen LogP contribution is 2.36. The number of hydrogen-bond donors (Lipinski definition) is 1. The van der Waals surface area contributed by atoms with E-state index in [-0.39, 0.29) is 17.9 Å². The van der Waals surface area contributed by atoms with Gasteiger partial charge in [-0.25, -0.2) is 0 Å². The number of hydrogen-bond acceptors (Lipinski definition) is 4. The van der Waals surface area contributed by atoms with Crippen molar-refractivity contribution in [2.24, 2.45) is 5.92 Å². The second kappa shape index (κ2) is 9.98. The van der Waals surface area contributed by atoms with Crippen LogP contribution >= 0.6 is 0 Å². The van der Waals surface area contributed by atoms with Gasteiger partial charge in [-0.05, 0) is 37.7 Å². The smallest absolute Gasteiger partial charge is 0.223 e. The second-order valence-electron chi connectivity index (χ2n) is 10.6. The van der Waals surface area contributed by atoms with Crippen molar-refractivity contribution in [3.05, 3.63) is 72.6 Å². The zero-order valence-corrected chi connectivity index (χ0v) is 20.5. The van der Waals surface area contributed by atoms with Crippen molar-refractivity contribution in [1.82, 2.24) is 15.2 Å². The average Bonchev–Trinajstić information content (AvgIpc) is 3.52. The van der Waals surface area contributed by atoms with E-state index in [9.17, 15) is 4.79 Å². The number of benzene rings is 2. The topological polar surface area (TPSA) is 48.5 Å². The Labute approximate surface area is 208 Å². The first kappa shape index (κ1) is 22.5. The molecule has 1 amide bonds. The monoisotopic (exact) mass is 468 g/mol. The summed E-state index contributed by atoms with van der Waals surface area (Å²) in [4.78, 5) is 22.8. The lowest BCUT2D eigenvalue weighted by atomic mass is 10.00. The normalized spacial score (nSPS) is 23.6. The fraction of sp³-hybridized carbons (Fsp3) is 0.467. The SMILES string of the molecule is O=C(NC(CCN1C2CCC1CN(c1cncc3ccccc13)C2)c1ccccc1)C1CCCC1. The highest BCUT2D eigenvalue weighted by molar-refractivity contribution is 5.93. The van der Waals surface area contributed by atoms with Crippen molar-refractivity contribution in [2.75, 3.05) is 24.5 Å². The predicted molar refractivity (Wildman–Crippen MR) is 141 cm³/mol. The molecular formula is C30H36N4O. The van der Waals surface area contributed by atoms with Gasteiger partial charge in [0.2, 0.25) is 5.91 Å². The minimum atomic E-state index is 0.0870. The van der Waals surface area contributed by atoms with E-state index in [2.05, 4.69) is 74.7 Å². The first-order valence-corrected chi connectivity index (χ1v) is 13.4. The molecule has 1 N–H and O–H groups in total. The van der Waals surface area contributed by atoms with Crippen LogP contribution < -0.4 is 10.2 Å². The summed E-state index contributed by atoms with van der Waals surface area (Å²) in [5.74, 6) is 0.461. The molecule has 1 aliphatic carbocycles. The van der Waals surface area contributed by atoms with E-state index in [0.717, 1.165) is 38.9 Å². The molecule has 3 atom stereocenters. The highest BCUT2D eigenvalue weighted by atomic mass is 16.1. The molecule has 6 rings (SSSR count). The van der Waals surface area contributed by atoms with E-state index in [1.807, 2.05) is 12.4 Å². The molecule has 3 unspecified atom stereocenters. The van der Waals surface area contributed by atoms with Crippen molar-refractivity contribution in [1.29, 1.82) is 0 Å². The number of carbonyl (C=O) groups is 1. The van der Waals surface area contributed by atoms with Crippen LogP contribution in [0.15, 0.2) is 67.0 Å². The number of fused-ring (bicyclic) bond motifs is 3. The lowest BCUT2D eigenvalue weighted by molar-refractivity contribution is -0.125. The average molecular weight is 469 g/mol. The van der Waals surface area contributed by atoms with E-state index in [1.165, 1.54) is 47.7 Å². The summed E-state index contributed by atoms with van der Waals surface area (Å²) in [5.41, 5.74) is 2.50. The zero-order valence-electron chi connectivity index (χ0n) is 20.5. The van der Waals surface area contributed by atoms with Gasteiger partial charge < -0.3 is 10.2 Å². The van der Waals surface area contributed by atoms with Gasteiger partial charge in [-0.2, -0.15) is 0 Å². The van der Waals surface area contributed by atoms with Gasteiger partial charge in [0.05, 0.1) is 17.9 Å². The van der Waals surface area contributed by atoms with Gasteiger partial charge in [0, 0.05) is 54.6 Å². The highest BCUT2D eigenvalue weighted by Gasteiger charge is 2.40. The molecule has 0 radical (unpaired) electrons. The minimum absolute atomic E-state index is 0.0870. The van der Waals surface area contributed by atoms with E-state index >= 15 is 0 Å². The van der Waals surface area contributed by atoms with Gasteiger partial charge in [-0.1, -0.05) is 67.4 Å². The molecule has 182 valence electrons. The summed E-state index contributed by atoms with van der Waals surface area (Å²) in [6.07, 6.45) is 11.9. The Morgan fingerprint density at radius 3 is 2.40 bits per heavy atom. The van der Waals surface area contributed by atoms with Crippen LogP contribution in [-0.4, -0.2) is 47.5 Å². The van der Waals surface area contributed by atoms with Crippen molar-refractivity contribution >= 4 is 22.4 Å². The predicted octanol–water partition coefficient (Wildman–Crippen LogP) is 5.33. The van der Waals surface area contributed by atoms with E-state index in [1.54, 1.807) is 0 Å². The molecular weight excluding hydrogens is 432 g/mol. The molecule has 2 saturated heterocycles. The van der Waals surface area contributed by atoms with E-state index in [4.69, 9.17) is 0 Å². The third-order valence-corrected chi connectivity index (χ3v) is 8.54. The summed E-state index contributed by atoms with van der Waals surface area (Å²) in [6.45, 7) is 3.13. The summed E-state index contributed by atoms with van der Waals surface area (Å²) in [5, 5.41) is 5.95. The molecule has 5 heteroatoms. The maximum Gasteiger partial charge on any atom is 0.223 e. The van der Waals surface area contributed by atoms with Crippen molar-refractivity contribution in [3.63, 3.8) is 0 Å². The van der Waals surface area contributed by atoms with Crippen LogP contribution in [0, 0.1) is 5.92 Å². The summed E-state index contributed by atoms with van der Waals surface area (Å²) >= 11 is 0. The number of carbonyl (C=O) groups excluding carboxylic acids is 1. The molecule has 5 nitrogen and oxygen atoms in total. The number of pyridine rings is 1. The van der Waals surface area contributed by atoms with Gasteiger partial charge in [-0.15, -0.1) is 0 Å². The molecule has 35 heavy (non-hydrogen) atoms. The van der Waals surface area contributed by atoms with Crippen LogP contribution in [0.25, 0.3) is 10.8 Å². The fourth-order valence-corrected chi connectivity index (χ4v) is 6.67. The molecule has 3 aliphatic rings. The molecule has 3 aromatic rings. The molecule has 1 saturated carbocycles. The number of aromatic nitrogens is 1. The third-order valence-electron chi connectivity index (χ3n) is 8.54. The number of amides is 1. The number of piperazine rings is 1. The van der Waals surface area contributed by atoms with Crippen molar-refractivity contribution in [3.8, 4) is 0 Å². The number of rotatable bonds is 7. The van der Waals surface area contributed by atoms with Gasteiger partial charge in [0.1, 0.15) is 0 Å². The van der Waals surface area contributed by atoms with Gasteiger partial charge in [0.15, 0.2) is 0 Å². The quantitative estimate of drug-likeness (QED) is 0.509. The molecule has 2 bridgehead atoms. The fourth-order valence-electron chi connectivity index (χ4n) is 6.67. The van der Waals surface area contributed by atoms with E-state index < -0.39 is 0 Å². The Kier molecular flexibility index (Phi) is 6.43. The lowest BCUT2D eigenvalue weighted by Crippen LogP contribution is -2.54. The Morgan fingerprint density at radius 1 is 0.914 bits per heavy atom. The van der Waals surface area contributed by atoms with Crippen LogP contribution in [0.1, 0.15) is 56.6 Å². The Bertz CT molecular complexity index is 1140. The Morgan fingerprint density at radius 2 is 1.63 bits per heavy atom. The van der Waals surface area contributed by atoms with Gasteiger partial charge in [0.25, 0.3) is 0 Å². The van der Waals surface area contributed by atoms with Crippen LogP contribution in [0.2, 0.25) is 0 Å². The van der Waals surface area contributed by atoms with Gasteiger partial charge in [-0.3, -0.25) is 14.7 Å². The van der Waals surface area contributed by atoms with Crippen LogP contribution in [0.3, 0.4) is 0 Å². The van der Waals surface area contributed by atoms with Crippen molar-refractivity contribution in [2.45, 2.75) is 63.1 Å². The van der Waals surface area contributed by atoms with Crippen LogP contribution in [0.4, 0.5) is 5.69 Å². The minimum Gasteiger partial charge on any atom is -0.367 e. The zero-order chi connectivity index (χ0) is 23.6. The summed E-state index contributed by atoms with van der Waals surface area (Å²) < 4.78 is 0. The van der Waals surface area contributed by atoms with Gasteiger partial charge >= 0.3 is 0 Å². The summed E-state index contributed by atoms with van der Waals surface area (Å²) in [6, 6.07) is 20.4. The molecule has 3 fully saturated rings. The molecule has 2 aromatic carbocycles. The number of anilines is 1. The number of nitrogens with one attached hydrogen (secondary N) is 1.